The van der Waals surface area contributed by atoms with Crippen LogP contribution < -0.4 is 10.1 Å². The first-order chi connectivity index (χ1) is 18.2. The number of carbonyl (C=O) groups excluding carboxylic acids is 2. The molecule has 3 aromatic rings. The van der Waals surface area contributed by atoms with Crippen molar-refractivity contribution >= 4 is 17.9 Å². The van der Waals surface area contributed by atoms with Crippen LogP contribution in [0.1, 0.15) is 63.4 Å². The van der Waals surface area contributed by atoms with E-state index in [4.69, 9.17) is 9.47 Å². The third-order valence-corrected chi connectivity index (χ3v) is 7.31. The lowest BCUT2D eigenvalue weighted by Crippen LogP contribution is -2.30. The van der Waals surface area contributed by atoms with Crippen molar-refractivity contribution < 1.29 is 19.1 Å². The molecule has 38 heavy (non-hydrogen) atoms. The molecule has 0 saturated carbocycles. The maximum atomic E-state index is 12.5. The summed E-state index contributed by atoms with van der Waals surface area (Å²) in [6.07, 6.45) is 4.45. The summed E-state index contributed by atoms with van der Waals surface area (Å²) >= 11 is 0. The lowest BCUT2D eigenvalue weighted by atomic mass is 9.93. The van der Waals surface area contributed by atoms with Gasteiger partial charge in [0.15, 0.2) is 0 Å². The number of nitrogens with zero attached hydrogens (tertiary/aromatic N) is 2. The molecule has 7 heteroatoms. The summed E-state index contributed by atoms with van der Waals surface area (Å²) in [5, 5.41) is 3.54. The Bertz CT molecular complexity index is 1290. The number of ether oxygens (including phenoxy) is 2. The molecule has 0 aliphatic carbocycles. The number of benzene rings is 2. The number of anilines is 1. The Morgan fingerprint density at radius 2 is 1.92 bits per heavy atom. The molecule has 1 unspecified atom stereocenters. The van der Waals surface area contributed by atoms with Gasteiger partial charge in [-0.3, -0.25) is 9.78 Å². The van der Waals surface area contributed by atoms with Gasteiger partial charge in [-0.05, 0) is 75.5 Å². The van der Waals surface area contributed by atoms with Gasteiger partial charge in [-0.2, -0.15) is 0 Å². The van der Waals surface area contributed by atoms with Crippen molar-refractivity contribution in [2.45, 2.75) is 53.1 Å². The van der Waals surface area contributed by atoms with Gasteiger partial charge in [0.2, 0.25) is 0 Å². The van der Waals surface area contributed by atoms with E-state index in [0.717, 1.165) is 58.6 Å². The first-order valence-corrected chi connectivity index (χ1v) is 13.0. The normalized spacial score (nSPS) is 11.8. The Morgan fingerprint density at radius 3 is 2.58 bits per heavy atom. The van der Waals surface area contributed by atoms with Gasteiger partial charge in [-0.15, -0.1) is 0 Å². The quantitative estimate of drug-likeness (QED) is 0.238. The molecule has 1 atom stereocenters. The smallest absolute Gasteiger partial charge is 0.338 e. The van der Waals surface area contributed by atoms with E-state index >= 15 is 0 Å². The van der Waals surface area contributed by atoms with Gasteiger partial charge in [-0.1, -0.05) is 25.1 Å². The first-order valence-electron chi connectivity index (χ1n) is 13.0. The molecule has 0 bridgehead atoms. The topological polar surface area (TPSA) is 80.8 Å². The number of rotatable bonds is 12. The summed E-state index contributed by atoms with van der Waals surface area (Å²) in [7, 11) is 5.14. The van der Waals surface area contributed by atoms with E-state index in [0.29, 0.717) is 35.7 Å². The van der Waals surface area contributed by atoms with Crippen LogP contribution in [0.25, 0.3) is 11.1 Å². The summed E-state index contributed by atoms with van der Waals surface area (Å²) in [4.78, 5) is 31.8. The number of likely N-dealkylation sites (N-methyl/N-ethyl adjacent to an activating group) is 1. The monoisotopic (exact) mass is 517 g/mol. The number of hydrogen-bond acceptors (Lipinski definition) is 7. The third kappa shape index (κ3) is 6.40. The Labute approximate surface area is 226 Å². The van der Waals surface area contributed by atoms with E-state index in [1.165, 1.54) is 7.11 Å². The lowest BCUT2D eigenvalue weighted by molar-refractivity contribution is 0.0601. The summed E-state index contributed by atoms with van der Waals surface area (Å²) < 4.78 is 10.6. The zero-order chi connectivity index (χ0) is 27.8. The van der Waals surface area contributed by atoms with E-state index in [1.54, 1.807) is 19.2 Å². The van der Waals surface area contributed by atoms with Crippen LogP contribution in [0.15, 0.2) is 42.6 Å². The lowest BCUT2D eigenvalue weighted by Gasteiger charge is -2.25. The molecule has 1 heterocycles. The van der Waals surface area contributed by atoms with Gasteiger partial charge in [0.05, 0.1) is 32.0 Å². The molecule has 2 aromatic carbocycles. The number of esters is 1. The van der Waals surface area contributed by atoms with Gasteiger partial charge in [0.1, 0.15) is 12.0 Å². The number of hydrogen-bond donors (Lipinski definition) is 1. The maximum absolute atomic E-state index is 12.5. The molecule has 1 aromatic heterocycles. The van der Waals surface area contributed by atoms with Crippen molar-refractivity contribution in [1.82, 2.24) is 9.88 Å². The van der Waals surface area contributed by atoms with Crippen LogP contribution in [0.3, 0.4) is 0 Å². The van der Waals surface area contributed by atoms with Crippen molar-refractivity contribution in [1.29, 1.82) is 0 Å². The fraction of sp³-hybridized carbons (Fsp3) is 0.387. The zero-order valence-electron chi connectivity index (χ0n) is 23.6. The Hall–Kier alpha value is -3.71. The second kappa shape index (κ2) is 13.2. The van der Waals surface area contributed by atoms with E-state index in [-0.39, 0.29) is 0 Å². The highest BCUT2D eigenvalue weighted by Crippen LogP contribution is 2.32. The zero-order valence-corrected chi connectivity index (χ0v) is 23.6. The molecule has 3 rings (SSSR count). The van der Waals surface area contributed by atoms with Crippen molar-refractivity contribution in [2.24, 2.45) is 0 Å². The molecule has 0 aliphatic rings. The molecule has 0 amide bonds. The predicted molar refractivity (Wildman–Crippen MR) is 152 cm³/mol. The van der Waals surface area contributed by atoms with E-state index in [2.05, 4.69) is 36.1 Å². The largest absolute Gasteiger partial charge is 0.496 e. The highest BCUT2D eigenvalue weighted by Gasteiger charge is 2.19. The average molecular weight is 518 g/mol. The van der Waals surface area contributed by atoms with Gasteiger partial charge in [0, 0.05) is 41.2 Å². The minimum atomic E-state index is -0.423. The number of nitrogens with one attached hydrogen (secondary N) is 1. The molecule has 0 saturated heterocycles. The van der Waals surface area contributed by atoms with Crippen molar-refractivity contribution in [3.8, 4) is 16.9 Å². The molecule has 7 nitrogen and oxygen atoms in total. The van der Waals surface area contributed by atoms with Crippen LogP contribution in [-0.4, -0.2) is 56.0 Å². The van der Waals surface area contributed by atoms with Crippen LogP contribution in [0, 0.1) is 13.8 Å². The van der Waals surface area contributed by atoms with Gasteiger partial charge in [-0.25, -0.2) is 4.79 Å². The number of aryl methyl sites for hydroxylation is 1. The fourth-order valence-electron chi connectivity index (χ4n) is 4.66. The maximum Gasteiger partial charge on any atom is 0.338 e. The molecule has 0 radical (unpaired) electrons. The van der Waals surface area contributed by atoms with Crippen LogP contribution in [-0.2, 0) is 17.7 Å². The number of carbonyl (C=O) groups is 2. The highest BCUT2D eigenvalue weighted by atomic mass is 16.5. The second-order valence-electron chi connectivity index (χ2n) is 9.63. The number of methoxy groups -OCH3 is 2. The van der Waals surface area contributed by atoms with Crippen LogP contribution in [0.4, 0.5) is 5.69 Å². The van der Waals surface area contributed by atoms with E-state index < -0.39 is 5.97 Å². The molecular weight excluding hydrogens is 478 g/mol. The molecule has 0 spiro atoms. The van der Waals surface area contributed by atoms with Gasteiger partial charge in [0.25, 0.3) is 0 Å². The summed E-state index contributed by atoms with van der Waals surface area (Å²) in [5.41, 5.74) is 7.10. The van der Waals surface area contributed by atoms with Crippen LogP contribution in [0.5, 0.6) is 5.75 Å². The predicted octanol–water partition coefficient (Wildman–Crippen LogP) is 5.86. The molecule has 0 aliphatic heterocycles. The number of aldehydes is 1. The Kier molecular flexibility index (Phi) is 10.0. The van der Waals surface area contributed by atoms with Crippen LogP contribution >= 0.6 is 0 Å². The Morgan fingerprint density at radius 1 is 1.18 bits per heavy atom. The minimum absolute atomic E-state index is 0.423. The summed E-state index contributed by atoms with van der Waals surface area (Å²) in [6, 6.07) is 11.6. The van der Waals surface area contributed by atoms with Crippen LogP contribution in [0.2, 0.25) is 0 Å². The molecule has 0 fully saturated rings. The van der Waals surface area contributed by atoms with E-state index in [1.807, 2.05) is 44.3 Å². The summed E-state index contributed by atoms with van der Waals surface area (Å²) in [5.74, 6) is 0.398. The number of aromatic nitrogens is 1. The minimum Gasteiger partial charge on any atom is -0.496 e. The molecule has 1 N–H and O–H groups in total. The first kappa shape index (κ1) is 28.9. The molecular formula is C31H39N3O4. The SMILES string of the molecule is CCC(C)N(C)CCc1c(C=O)cc(-c2ccccc2C(=O)OC)cc1NCc1ncc(C)c(OC)c1C. The number of pyridine rings is 1. The third-order valence-electron chi connectivity index (χ3n) is 7.31. The van der Waals surface area contributed by atoms with Crippen molar-refractivity contribution in [3.05, 3.63) is 76.1 Å². The van der Waals surface area contributed by atoms with Crippen molar-refractivity contribution in [3.63, 3.8) is 0 Å². The average Bonchev–Trinajstić information content (AvgIpc) is 2.94. The fourth-order valence-corrected chi connectivity index (χ4v) is 4.66. The van der Waals surface area contributed by atoms with Crippen molar-refractivity contribution in [2.75, 3.05) is 33.1 Å². The van der Waals surface area contributed by atoms with Gasteiger partial charge < -0.3 is 19.7 Å². The second-order valence-corrected chi connectivity index (χ2v) is 9.63. The Balaban J connectivity index is 2.09. The summed E-state index contributed by atoms with van der Waals surface area (Å²) in [6.45, 7) is 9.60. The van der Waals surface area contributed by atoms with Gasteiger partial charge >= 0.3 is 5.97 Å². The molecule has 202 valence electrons. The van der Waals surface area contributed by atoms with E-state index in [9.17, 15) is 9.59 Å². The standard InChI is InChI=1S/C31H39N3O4/c1-8-21(3)34(5)14-13-26-24(19-35)15-23(25-11-9-10-12-27(25)31(36)38-7)16-28(26)33-18-29-22(4)30(37-6)20(2)17-32-29/h9-12,15-17,19,21,33H,8,13-14,18H2,1-7H3. The highest BCUT2D eigenvalue weighted by molar-refractivity contribution is 5.98.